The van der Waals surface area contributed by atoms with Gasteiger partial charge in [0.1, 0.15) is 0 Å². The lowest BCUT2D eigenvalue weighted by Gasteiger charge is -2.18. The Morgan fingerprint density at radius 2 is 1.88 bits per heavy atom. The normalized spacial score (nSPS) is 28.5. The first-order valence-corrected chi connectivity index (χ1v) is 7.08. The van der Waals surface area contributed by atoms with E-state index in [0.29, 0.717) is 24.0 Å². The van der Waals surface area contributed by atoms with Crippen LogP contribution in [0.5, 0.6) is 0 Å². The second kappa shape index (κ2) is 5.38. The van der Waals surface area contributed by atoms with E-state index in [-0.39, 0.29) is 5.91 Å². The largest absolute Gasteiger partial charge is 0.352 e. The van der Waals surface area contributed by atoms with Gasteiger partial charge in [0.05, 0.1) is 6.54 Å². The quantitative estimate of drug-likeness (QED) is 0.788. The number of nitrogens with one attached hydrogen (secondary N) is 2. The van der Waals surface area contributed by atoms with Crippen molar-refractivity contribution in [2.24, 2.45) is 5.41 Å². The topological polar surface area (TPSA) is 41.1 Å². The van der Waals surface area contributed by atoms with Crippen molar-refractivity contribution in [2.75, 3.05) is 6.54 Å². The lowest BCUT2D eigenvalue weighted by Crippen LogP contribution is -2.41. The molecule has 0 spiro atoms. The van der Waals surface area contributed by atoms with Crippen LogP contribution in [0.25, 0.3) is 0 Å². The maximum absolute atomic E-state index is 11.7. The molecule has 1 atom stereocenters. The molecule has 2 aliphatic carbocycles. The predicted octanol–water partition coefficient (Wildman–Crippen LogP) is 2.21. The average Bonchev–Trinajstić information content (AvgIpc) is 2.85. The Bertz CT molecular complexity index is 269. The number of hydrogen-bond donors (Lipinski definition) is 2. The second-order valence-electron chi connectivity index (χ2n) is 6.53. The van der Waals surface area contributed by atoms with E-state index >= 15 is 0 Å². The van der Waals surface area contributed by atoms with E-state index < -0.39 is 0 Å². The monoisotopic (exact) mass is 238 g/mol. The van der Waals surface area contributed by atoms with Gasteiger partial charge in [-0.25, -0.2) is 0 Å². The summed E-state index contributed by atoms with van der Waals surface area (Å²) >= 11 is 0. The molecule has 0 aromatic rings. The third-order valence-corrected chi connectivity index (χ3v) is 4.24. The fourth-order valence-corrected chi connectivity index (χ4v) is 3.20. The number of carbonyl (C=O) groups excluding carboxylic acids is 1. The Morgan fingerprint density at radius 1 is 1.18 bits per heavy atom. The molecule has 0 bridgehead atoms. The van der Waals surface area contributed by atoms with E-state index in [2.05, 4.69) is 24.5 Å². The van der Waals surface area contributed by atoms with Crippen LogP contribution in [0.4, 0.5) is 0 Å². The highest BCUT2D eigenvalue weighted by atomic mass is 16.1. The standard InChI is InChI=1S/C14H26N2O/c1-14(2)8-7-12(9-14)15-10-13(17)16-11-5-3-4-6-11/h11-12,15H,3-10H2,1-2H3,(H,16,17). The Balaban J connectivity index is 1.63. The molecular weight excluding hydrogens is 212 g/mol. The van der Waals surface area contributed by atoms with Crippen molar-refractivity contribution in [1.29, 1.82) is 0 Å². The maximum atomic E-state index is 11.7. The Kier molecular flexibility index (Phi) is 4.08. The molecule has 2 aliphatic rings. The van der Waals surface area contributed by atoms with Crippen molar-refractivity contribution in [2.45, 2.75) is 70.9 Å². The van der Waals surface area contributed by atoms with Crippen LogP contribution < -0.4 is 10.6 Å². The van der Waals surface area contributed by atoms with Crippen LogP contribution in [-0.4, -0.2) is 24.5 Å². The molecule has 2 saturated carbocycles. The third-order valence-electron chi connectivity index (χ3n) is 4.24. The van der Waals surface area contributed by atoms with Crippen LogP contribution in [0.1, 0.15) is 58.8 Å². The van der Waals surface area contributed by atoms with E-state index in [4.69, 9.17) is 0 Å². The van der Waals surface area contributed by atoms with Crippen molar-refractivity contribution in [3.05, 3.63) is 0 Å². The highest BCUT2D eigenvalue weighted by Crippen LogP contribution is 2.36. The Labute approximate surface area is 105 Å². The molecule has 0 heterocycles. The summed E-state index contributed by atoms with van der Waals surface area (Å²) in [6, 6.07) is 0.989. The van der Waals surface area contributed by atoms with E-state index in [0.717, 1.165) is 0 Å². The van der Waals surface area contributed by atoms with Crippen molar-refractivity contribution >= 4 is 5.91 Å². The van der Waals surface area contributed by atoms with Gasteiger partial charge >= 0.3 is 0 Å². The van der Waals surface area contributed by atoms with Crippen LogP contribution in [0.3, 0.4) is 0 Å². The van der Waals surface area contributed by atoms with Gasteiger partial charge in [0.2, 0.25) is 5.91 Å². The minimum atomic E-state index is 0.182. The first kappa shape index (κ1) is 12.9. The van der Waals surface area contributed by atoms with Crippen LogP contribution >= 0.6 is 0 Å². The lowest BCUT2D eigenvalue weighted by atomic mass is 9.92. The van der Waals surface area contributed by atoms with E-state index in [1.165, 1.54) is 44.9 Å². The number of rotatable bonds is 4. The number of hydrogen-bond acceptors (Lipinski definition) is 2. The number of carbonyl (C=O) groups is 1. The molecule has 0 aromatic carbocycles. The third kappa shape index (κ3) is 3.98. The molecule has 0 aliphatic heterocycles. The van der Waals surface area contributed by atoms with Crippen LogP contribution in [0, 0.1) is 5.41 Å². The van der Waals surface area contributed by atoms with E-state index in [9.17, 15) is 4.79 Å². The fourth-order valence-electron chi connectivity index (χ4n) is 3.20. The van der Waals surface area contributed by atoms with Crippen LogP contribution in [-0.2, 0) is 4.79 Å². The van der Waals surface area contributed by atoms with Gasteiger partial charge in [-0.1, -0.05) is 26.7 Å². The minimum absolute atomic E-state index is 0.182. The molecule has 0 saturated heterocycles. The van der Waals surface area contributed by atoms with Gasteiger partial charge in [-0.15, -0.1) is 0 Å². The molecule has 3 nitrogen and oxygen atoms in total. The van der Waals surface area contributed by atoms with Gasteiger partial charge in [-0.2, -0.15) is 0 Å². The maximum Gasteiger partial charge on any atom is 0.234 e. The van der Waals surface area contributed by atoms with Crippen LogP contribution in [0.15, 0.2) is 0 Å². The van der Waals surface area contributed by atoms with E-state index in [1.54, 1.807) is 0 Å². The highest BCUT2D eigenvalue weighted by Gasteiger charge is 2.30. The van der Waals surface area contributed by atoms with Gasteiger partial charge in [0.15, 0.2) is 0 Å². The SMILES string of the molecule is CC1(C)CCC(NCC(=O)NC2CCCC2)C1. The zero-order valence-corrected chi connectivity index (χ0v) is 11.2. The summed E-state index contributed by atoms with van der Waals surface area (Å²) in [6.45, 7) is 5.12. The molecule has 2 rings (SSSR count). The smallest absolute Gasteiger partial charge is 0.234 e. The average molecular weight is 238 g/mol. The zero-order chi connectivity index (χ0) is 12.3. The van der Waals surface area contributed by atoms with Gasteiger partial charge in [-0.05, 0) is 37.5 Å². The highest BCUT2D eigenvalue weighted by molar-refractivity contribution is 5.78. The summed E-state index contributed by atoms with van der Waals surface area (Å²) < 4.78 is 0. The molecule has 0 aromatic heterocycles. The van der Waals surface area contributed by atoms with Crippen LogP contribution in [0.2, 0.25) is 0 Å². The predicted molar refractivity (Wildman–Crippen MR) is 69.8 cm³/mol. The van der Waals surface area contributed by atoms with Crippen molar-refractivity contribution in [3.63, 3.8) is 0 Å². The van der Waals surface area contributed by atoms with Crippen molar-refractivity contribution in [3.8, 4) is 0 Å². The summed E-state index contributed by atoms with van der Waals surface area (Å²) in [5.41, 5.74) is 0.458. The van der Waals surface area contributed by atoms with Crippen molar-refractivity contribution in [1.82, 2.24) is 10.6 Å². The van der Waals surface area contributed by atoms with Gasteiger partial charge in [0, 0.05) is 12.1 Å². The van der Waals surface area contributed by atoms with Gasteiger partial charge < -0.3 is 10.6 Å². The Hall–Kier alpha value is -0.570. The molecule has 17 heavy (non-hydrogen) atoms. The molecule has 1 amide bonds. The molecule has 2 fully saturated rings. The Morgan fingerprint density at radius 3 is 2.47 bits per heavy atom. The second-order valence-corrected chi connectivity index (χ2v) is 6.53. The number of amides is 1. The lowest BCUT2D eigenvalue weighted by molar-refractivity contribution is -0.121. The first-order chi connectivity index (χ1) is 8.05. The summed E-state index contributed by atoms with van der Waals surface area (Å²) in [5, 5.41) is 6.52. The minimum Gasteiger partial charge on any atom is -0.352 e. The molecular formula is C14H26N2O. The molecule has 3 heteroatoms. The van der Waals surface area contributed by atoms with Crippen molar-refractivity contribution < 1.29 is 4.79 Å². The fraction of sp³-hybridized carbons (Fsp3) is 0.929. The summed E-state index contributed by atoms with van der Waals surface area (Å²) in [7, 11) is 0. The molecule has 2 N–H and O–H groups in total. The summed E-state index contributed by atoms with van der Waals surface area (Å²) in [4.78, 5) is 11.7. The first-order valence-electron chi connectivity index (χ1n) is 7.08. The van der Waals surface area contributed by atoms with Gasteiger partial charge in [0.25, 0.3) is 0 Å². The summed E-state index contributed by atoms with van der Waals surface area (Å²) in [5.74, 6) is 0.182. The zero-order valence-electron chi connectivity index (χ0n) is 11.2. The molecule has 98 valence electrons. The van der Waals surface area contributed by atoms with E-state index in [1.807, 2.05) is 0 Å². The molecule has 0 radical (unpaired) electrons. The van der Waals surface area contributed by atoms with Gasteiger partial charge in [-0.3, -0.25) is 4.79 Å². The molecule has 1 unspecified atom stereocenters. The summed E-state index contributed by atoms with van der Waals surface area (Å²) in [6.07, 6.45) is 8.57.